The topological polar surface area (TPSA) is 75.2 Å². The van der Waals surface area contributed by atoms with Crippen molar-refractivity contribution in [2.24, 2.45) is 4.99 Å². The Bertz CT molecular complexity index is 929. The molecule has 1 aliphatic heterocycles. The Morgan fingerprint density at radius 2 is 2.00 bits per heavy atom. The first-order valence-electron chi connectivity index (χ1n) is 10.6. The maximum absolute atomic E-state index is 12.3. The lowest BCUT2D eigenvalue weighted by Crippen LogP contribution is -2.49. The summed E-state index contributed by atoms with van der Waals surface area (Å²) >= 11 is 0. The maximum Gasteiger partial charge on any atom is 0.251 e. The van der Waals surface area contributed by atoms with Crippen molar-refractivity contribution < 1.29 is 14.3 Å². The molecular formula is C24H32N4O3. The minimum Gasteiger partial charge on any atom is -0.497 e. The number of guanidine groups is 1. The average Bonchev–Trinajstić information content (AvgIpc) is 2.79. The van der Waals surface area contributed by atoms with Crippen LogP contribution in [0.15, 0.2) is 47.5 Å². The second kappa shape index (κ2) is 10.8. The number of ether oxygens (including phenoxy) is 2. The van der Waals surface area contributed by atoms with Crippen LogP contribution >= 0.6 is 0 Å². The number of aliphatic imine (C=N–C) groups is 1. The Balaban J connectivity index is 1.51. The van der Waals surface area contributed by atoms with Crippen LogP contribution in [0.3, 0.4) is 0 Å². The standard InChI is InChI=1S/C24H32N4O3/c1-17-8-9-21(18(2)14-17)22-16-28(12-13-31-22)24(25-3)27-11-10-26-23(29)19-6-5-7-20(15-19)30-4/h5-9,14-15,22H,10-13,16H2,1-4H3,(H,25,27)(H,26,29). The van der Waals surface area contributed by atoms with Crippen molar-refractivity contribution in [3.63, 3.8) is 0 Å². The molecule has 1 unspecified atom stereocenters. The molecule has 2 aromatic rings. The highest BCUT2D eigenvalue weighted by atomic mass is 16.5. The van der Waals surface area contributed by atoms with E-state index < -0.39 is 0 Å². The zero-order valence-corrected chi connectivity index (χ0v) is 18.8. The number of rotatable bonds is 6. The van der Waals surface area contributed by atoms with E-state index in [9.17, 15) is 4.79 Å². The van der Waals surface area contributed by atoms with E-state index in [1.54, 1.807) is 32.4 Å². The normalized spacial score (nSPS) is 16.7. The molecule has 1 heterocycles. The smallest absolute Gasteiger partial charge is 0.251 e. The van der Waals surface area contributed by atoms with Crippen LogP contribution in [0.2, 0.25) is 0 Å². The van der Waals surface area contributed by atoms with Crippen molar-refractivity contribution in [2.45, 2.75) is 20.0 Å². The van der Waals surface area contributed by atoms with Crippen LogP contribution in [0.4, 0.5) is 0 Å². The van der Waals surface area contributed by atoms with Crippen LogP contribution in [0.25, 0.3) is 0 Å². The number of aryl methyl sites for hydroxylation is 2. The highest BCUT2D eigenvalue weighted by Crippen LogP contribution is 2.25. The number of nitrogens with zero attached hydrogens (tertiary/aromatic N) is 2. The Morgan fingerprint density at radius 1 is 1.19 bits per heavy atom. The first-order chi connectivity index (χ1) is 15.0. The molecule has 0 aliphatic carbocycles. The second-order valence-corrected chi connectivity index (χ2v) is 7.63. The molecule has 7 nitrogen and oxygen atoms in total. The van der Waals surface area contributed by atoms with Gasteiger partial charge < -0.3 is 25.0 Å². The molecule has 1 saturated heterocycles. The predicted octanol–water partition coefficient (Wildman–Crippen LogP) is 2.69. The van der Waals surface area contributed by atoms with Gasteiger partial charge in [0.1, 0.15) is 11.9 Å². The predicted molar refractivity (Wildman–Crippen MR) is 123 cm³/mol. The van der Waals surface area contributed by atoms with Crippen molar-refractivity contribution in [1.82, 2.24) is 15.5 Å². The third kappa shape index (κ3) is 5.98. The number of benzene rings is 2. The fourth-order valence-electron chi connectivity index (χ4n) is 3.77. The Kier molecular flexibility index (Phi) is 7.89. The number of hydrogen-bond acceptors (Lipinski definition) is 4. The van der Waals surface area contributed by atoms with Gasteiger partial charge in [-0.2, -0.15) is 0 Å². The van der Waals surface area contributed by atoms with Crippen molar-refractivity contribution >= 4 is 11.9 Å². The van der Waals surface area contributed by atoms with Crippen LogP contribution in [0.1, 0.15) is 33.2 Å². The molecule has 7 heteroatoms. The van der Waals surface area contributed by atoms with Crippen LogP contribution in [0.5, 0.6) is 5.75 Å². The molecule has 31 heavy (non-hydrogen) atoms. The summed E-state index contributed by atoms with van der Waals surface area (Å²) < 4.78 is 11.2. The number of hydrogen-bond donors (Lipinski definition) is 2. The summed E-state index contributed by atoms with van der Waals surface area (Å²) in [5.74, 6) is 1.35. The fourth-order valence-corrected chi connectivity index (χ4v) is 3.77. The molecule has 0 spiro atoms. The van der Waals surface area contributed by atoms with Gasteiger partial charge in [-0.3, -0.25) is 9.79 Å². The first kappa shape index (κ1) is 22.6. The monoisotopic (exact) mass is 424 g/mol. The molecular weight excluding hydrogens is 392 g/mol. The van der Waals surface area contributed by atoms with E-state index in [0.717, 1.165) is 19.0 Å². The van der Waals surface area contributed by atoms with Gasteiger partial charge in [-0.05, 0) is 43.2 Å². The van der Waals surface area contributed by atoms with E-state index in [2.05, 4.69) is 52.6 Å². The third-order valence-electron chi connectivity index (χ3n) is 5.38. The van der Waals surface area contributed by atoms with Gasteiger partial charge in [0.15, 0.2) is 5.96 Å². The Labute approximate surface area is 184 Å². The summed E-state index contributed by atoms with van der Waals surface area (Å²) in [6, 6.07) is 13.6. The Hall–Kier alpha value is -3.06. The molecule has 0 bridgehead atoms. The molecule has 166 valence electrons. The molecule has 0 aromatic heterocycles. The van der Waals surface area contributed by atoms with Crippen molar-refractivity contribution in [3.05, 3.63) is 64.7 Å². The van der Waals surface area contributed by atoms with Crippen LogP contribution < -0.4 is 15.4 Å². The van der Waals surface area contributed by atoms with E-state index >= 15 is 0 Å². The van der Waals surface area contributed by atoms with Crippen molar-refractivity contribution in [3.8, 4) is 5.75 Å². The number of carbonyl (C=O) groups excluding carboxylic acids is 1. The lowest BCUT2D eigenvalue weighted by Gasteiger charge is -2.35. The zero-order valence-electron chi connectivity index (χ0n) is 18.8. The second-order valence-electron chi connectivity index (χ2n) is 7.63. The molecule has 2 N–H and O–H groups in total. The summed E-state index contributed by atoms with van der Waals surface area (Å²) in [5.41, 5.74) is 4.29. The largest absolute Gasteiger partial charge is 0.497 e. The zero-order chi connectivity index (χ0) is 22.2. The minimum atomic E-state index is -0.128. The van der Waals surface area contributed by atoms with E-state index in [4.69, 9.17) is 9.47 Å². The highest BCUT2D eigenvalue weighted by molar-refractivity contribution is 5.94. The van der Waals surface area contributed by atoms with Gasteiger partial charge in [0, 0.05) is 32.2 Å². The number of amides is 1. The van der Waals surface area contributed by atoms with Gasteiger partial charge in [0.05, 0.1) is 20.3 Å². The number of morpholine rings is 1. The van der Waals surface area contributed by atoms with Gasteiger partial charge >= 0.3 is 0 Å². The lowest BCUT2D eigenvalue weighted by molar-refractivity contribution is -0.00829. The first-order valence-corrected chi connectivity index (χ1v) is 10.6. The summed E-state index contributed by atoms with van der Waals surface area (Å²) in [6.07, 6.45) is 0.0145. The molecule has 0 radical (unpaired) electrons. The van der Waals surface area contributed by atoms with Crippen LogP contribution in [0, 0.1) is 13.8 Å². The summed E-state index contributed by atoms with van der Waals surface area (Å²) in [7, 11) is 3.36. The van der Waals surface area contributed by atoms with Crippen LogP contribution in [-0.2, 0) is 4.74 Å². The minimum absolute atomic E-state index is 0.0145. The van der Waals surface area contributed by atoms with E-state index in [1.807, 2.05) is 6.07 Å². The highest BCUT2D eigenvalue weighted by Gasteiger charge is 2.25. The van der Waals surface area contributed by atoms with Crippen molar-refractivity contribution in [1.29, 1.82) is 0 Å². The van der Waals surface area contributed by atoms with Crippen LogP contribution in [-0.4, -0.2) is 63.7 Å². The molecule has 1 aliphatic rings. The molecule has 3 rings (SSSR count). The van der Waals surface area contributed by atoms with E-state index in [-0.39, 0.29) is 12.0 Å². The van der Waals surface area contributed by atoms with Gasteiger partial charge in [0.2, 0.25) is 0 Å². The summed E-state index contributed by atoms with van der Waals surface area (Å²) in [6.45, 7) is 7.45. The lowest BCUT2D eigenvalue weighted by atomic mass is 10.00. The van der Waals surface area contributed by atoms with Gasteiger partial charge in [0.25, 0.3) is 5.91 Å². The fraction of sp³-hybridized carbons (Fsp3) is 0.417. The van der Waals surface area contributed by atoms with Gasteiger partial charge in [-0.1, -0.05) is 29.8 Å². The molecule has 2 aromatic carbocycles. The van der Waals surface area contributed by atoms with Gasteiger partial charge in [-0.15, -0.1) is 0 Å². The summed E-state index contributed by atoms with van der Waals surface area (Å²) in [5, 5.41) is 6.27. The SMILES string of the molecule is CN=C(NCCNC(=O)c1cccc(OC)c1)N1CCOC(c2ccc(C)cc2C)C1. The molecule has 1 amide bonds. The third-order valence-corrected chi connectivity index (χ3v) is 5.38. The number of methoxy groups -OCH3 is 1. The summed E-state index contributed by atoms with van der Waals surface area (Å²) in [4.78, 5) is 19.0. The van der Waals surface area contributed by atoms with Crippen molar-refractivity contribution in [2.75, 3.05) is 46.9 Å². The van der Waals surface area contributed by atoms with E-state index in [1.165, 1.54) is 16.7 Å². The van der Waals surface area contributed by atoms with E-state index in [0.29, 0.717) is 31.0 Å². The van der Waals surface area contributed by atoms with Gasteiger partial charge in [-0.25, -0.2) is 0 Å². The number of nitrogens with one attached hydrogen (secondary N) is 2. The molecule has 0 saturated carbocycles. The Morgan fingerprint density at radius 3 is 2.74 bits per heavy atom. The molecule has 1 fully saturated rings. The molecule has 1 atom stereocenters. The maximum atomic E-state index is 12.3. The number of carbonyl (C=O) groups is 1. The quantitative estimate of drug-likeness (QED) is 0.424. The average molecular weight is 425 g/mol.